The molecule has 3 rings (SSSR count). The lowest BCUT2D eigenvalue weighted by Crippen LogP contribution is -2.46. The molecule has 0 bridgehead atoms. The van der Waals surface area contributed by atoms with E-state index in [4.69, 9.17) is 0 Å². The Morgan fingerprint density at radius 3 is 2.50 bits per heavy atom. The highest BCUT2D eigenvalue weighted by atomic mass is 79.9. The summed E-state index contributed by atoms with van der Waals surface area (Å²) in [6.07, 6.45) is 3.87. The summed E-state index contributed by atoms with van der Waals surface area (Å²) in [5.41, 5.74) is 0.374. The van der Waals surface area contributed by atoms with Crippen LogP contribution in [0.15, 0.2) is 53.0 Å². The van der Waals surface area contributed by atoms with Gasteiger partial charge in [0.2, 0.25) is 5.91 Å². The zero-order valence-electron chi connectivity index (χ0n) is 15.0. The number of carbonyl (C=O) groups excluding carboxylic acids is 2. The third-order valence-corrected chi connectivity index (χ3v) is 5.10. The van der Waals surface area contributed by atoms with Gasteiger partial charge in [-0.05, 0) is 49.2 Å². The largest absolute Gasteiger partial charge is 0.350 e. The first-order chi connectivity index (χ1) is 13.4. The van der Waals surface area contributed by atoms with Crippen molar-refractivity contribution < 1.29 is 18.4 Å². The highest BCUT2D eigenvalue weighted by molar-refractivity contribution is 9.10. The van der Waals surface area contributed by atoms with Gasteiger partial charge in [0.1, 0.15) is 11.6 Å². The number of benzene rings is 2. The molecule has 1 saturated heterocycles. The van der Waals surface area contributed by atoms with E-state index in [0.29, 0.717) is 31.5 Å². The highest BCUT2D eigenvalue weighted by Gasteiger charge is 2.25. The van der Waals surface area contributed by atoms with Crippen LogP contribution in [0.1, 0.15) is 28.8 Å². The van der Waals surface area contributed by atoms with Gasteiger partial charge in [0.05, 0.1) is 5.56 Å². The number of piperidine rings is 1. The van der Waals surface area contributed by atoms with Crippen LogP contribution < -0.4 is 5.32 Å². The van der Waals surface area contributed by atoms with Gasteiger partial charge in [0.15, 0.2) is 0 Å². The number of carbonyl (C=O) groups is 2. The van der Waals surface area contributed by atoms with Gasteiger partial charge in [0.25, 0.3) is 5.91 Å². The molecule has 0 radical (unpaired) electrons. The average Bonchev–Trinajstić information content (AvgIpc) is 2.69. The van der Waals surface area contributed by atoms with Crippen LogP contribution in [-0.2, 0) is 4.79 Å². The number of likely N-dealkylation sites (tertiary alicyclic amines) is 1. The third kappa shape index (κ3) is 5.04. The lowest BCUT2D eigenvalue weighted by Gasteiger charge is -2.32. The maximum absolute atomic E-state index is 13.8. The molecule has 0 unspecified atom stereocenters. The number of hydrogen-bond acceptors (Lipinski definition) is 2. The van der Waals surface area contributed by atoms with Crippen molar-refractivity contribution in [1.29, 1.82) is 0 Å². The summed E-state index contributed by atoms with van der Waals surface area (Å²) in [6, 6.07) is 10.3. The Labute approximate surface area is 170 Å². The van der Waals surface area contributed by atoms with E-state index < -0.39 is 11.6 Å². The molecule has 0 aliphatic carbocycles. The van der Waals surface area contributed by atoms with Crippen molar-refractivity contribution >= 4 is 33.8 Å². The van der Waals surface area contributed by atoms with Crippen molar-refractivity contribution in [3.05, 3.63) is 75.8 Å². The molecule has 0 saturated carbocycles. The standard InChI is InChI=1S/C21H19BrF2N2O2/c22-15-6-7-18(23)14(13-15)5-8-20(27)25-16-9-11-26(12-10-16)21(28)17-3-1-2-4-19(17)24/h1-8,13,16H,9-12H2,(H,25,27)/b8-5+. The van der Waals surface area contributed by atoms with E-state index >= 15 is 0 Å². The van der Waals surface area contributed by atoms with Crippen molar-refractivity contribution in [3.8, 4) is 0 Å². The van der Waals surface area contributed by atoms with Gasteiger partial charge in [0, 0.05) is 35.2 Å². The lowest BCUT2D eigenvalue weighted by molar-refractivity contribution is -0.117. The highest BCUT2D eigenvalue weighted by Crippen LogP contribution is 2.18. The van der Waals surface area contributed by atoms with Crippen LogP contribution in [0.4, 0.5) is 8.78 Å². The molecule has 7 heteroatoms. The van der Waals surface area contributed by atoms with E-state index in [-0.39, 0.29) is 23.4 Å². The normalized spacial score (nSPS) is 15.0. The van der Waals surface area contributed by atoms with E-state index in [1.165, 1.54) is 30.4 Å². The minimum atomic E-state index is -0.534. The fourth-order valence-corrected chi connectivity index (χ4v) is 3.47. The summed E-state index contributed by atoms with van der Waals surface area (Å²) in [6.45, 7) is 0.865. The summed E-state index contributed by atoms with van der Waals surface area (Å²) >= 11 is 3.26. The first-order valence-corrected chi connectivity index (χ1v) is 9.71. The second-order valence-corrected chi connectivity index (χ2v) is 7.47. The Balaban J connectivity index is 1.52. The van der Waals surface area contributed by atoms with E-state index in [1.54, 1.807) is 29.2 Å². The van der Waals surface area contributed by atoms with Crippen LogP contribution in [0.2, 0.25) is 0 Å². The number of halogens is 3. The number of amides is 2. The molecule has 2 amide bonds. The molecule has 1 N–H and O–H groups in total. The number of nitrogens with zero attached hydrogens (tertiary/aromatic N) is 1. The minimum Gasteiger partial charge on any atom is -0.350 e. The molecule has 1 fully saturated rings. The van der Waals surface area contributed by atoms with Crippen LogP contribution in [0.5, 0.6) is 0 Å². The molecule has 0 atom stereocenters. The monoisotopic (exact) mass is 448 g/mol. The fraction of sp³-hybridized carbons (Fsp3) is 0.238. The number of rotatable bonds is 4. The number of hydrogen-bond donors (Lipinski definition) is 1. The van der Waals surface area contributed by atoms with Gasteiger partial charge in [-0.15, -0.1) is 0 Å². The second kappa shape index (κ2) is 9.10. The lowest BCUT2D eigenvalue weighted by atomic mass is 10.0. The molecule has 2 aromatic carbocycles. The Morgan fingerprint density at radius 1 is 1.07 bits per heavy atom. The predicted octanol–water partition coefficient (Wildman–Crippen LogP) is 4.16. The summed E-state index contributed by atoms with van der Waals surface area (Å²) in [7, 11) is 0. The summed E-state index contributed by atoms with van der Waals surface area (Å²) in [5.74, 6) is -1.61. The Morgan fingerprint density at radius 2 is 1.79 bits per heavy atom. The molecule has 1 heterocycles. The summed E-state index contributed by atoms with van der Waals surface area (Å²) in [4.78, 5) is 26.1. The van der Waals surface area contributed by atoms with Gasteiger partial charge in [-0.1, -0.05) is 28.1 Å². The third-order valence-electron chi connectivity index (χ3n) is 4.61. The van der Waals surface area contributed by atoms with Crippen LogP contribution >= 0.6 is 15.9 Å². The van der Waals surface area contributed by atoms with Gasteiger partial charge in [-0.3, -0.25) is 9.59 Å². The van der Waals surface area contributed by atoms with Crippen LogP contribution in [-0.4, -0.2) is 35.8 Å². The van der Waals surface area contributed by atoms with Gasteiger partial charge >= 0.3 is 0 Å². The average molecular weight is 449 g/mol. The zero-order chi connectivity index (χ0) is 20.1. The molecule has 0 aromatic heterocycles. The second-order valence-electron chi connectivity index (χ2n) is 6.55. The molecule has 146 valence electrons. The smallest absolute Gasteiger partial charge is 0.256 e. The predicted molar refractivity (Wildman–Crippen MR) is 107 cm³/mol. The van der Waals surface area contributed by atoms with Crippen molar-refractivity contribution in [1.82, 2.24) is 10.2 Å². The fourth-order valence-electron chi connectivity index (χ4n) is 3.09. The molecule has 2 aromatic rings. The number of nitrogens with one attached hydrogen (secondary N) is 1. The Hall–Kier alpha value is -2.54. The maximum Gasteiger partial charge on any atom is 0.256 e. The zero-order valence-corrected chi connectivity index (χ0v) is 16.6. The quantitative estimate of drug-likeness (QED) is 0.713. The molecule has 4 nitrogen and oxygen atoms in total. The summed E-state index contributed by atoms with van der Waals surface area (Å²) in [5, 5.41) is 2.86. The Kier molecular flexibility index (Phi) is 6.57. The molecular weight excluding hydrogens is 430 g/mol. The van der Waals surface area contributed by atoms with Crippen molar-refractivity contribution in [3.63, 3.8) is 0 Å². The van der Waals surface area contributed by atoms with Crippen molar-refractivity contribution in [2.45, 2.75) is 18.9 Å². The maximum atomic E-state index is 13.8. The first kappa shape index (κ1) is 20.2. The SMILES string of the molecule is O=C(/C=C/c1cc(Br)ccc1F)NC1CCN(C(=O)c2ccccc2F)CC1. The minimum absolute atomic E-state index is 0.0592. The van der Waals surface area contributed by atoms with Crippen LogP contribution in [0.25, 0.3) is 6.08 Å². The molecule has 0 spiro atoms. The molecule has 28 heavy (non-hydrogen) atoms. The van der Waals surface area contributed by atoms with Gasteiger partial charge in [-0.2, -0.15) is 0 Å². The summed E-state index contributed by atoms with van der Waals surface area (Å²) < 4.78 is 28.2. The van der Waals surface area contributed by atoms with Crippen LogP contribution in [0, 0.1) is 11.6 Å². The molecule has 1 aliphatic heterocycles. The topological polar surface area (TPSA) is 49.4 Å². The van der Waals surface area contributed by atoms with Gasteiger partial charge < -0.3 is 10.2 Å². The first-order valence-electron chi connectivity index (χ1n) is 8.91. The van der Waals surface area contributed by atoms with E-state index in [0.717, 1.165) is 4.47 Å². The van der Waals surface area contributed by atoms with Crippen molar-refractivity contribution in [2.24, 2.45) is 0 Å². The van der Waals surface area contributed by atoms with E-state index in [9.17, 15) is 18.4 Å². The van der Waals surface area contributed by atoms with E-state index in [1.807, 2.05) is 0 Å². The molecule has 1 aliphatic rings. The van der Waals surface area contributed by atoms with Crippen LogP contribution in [0.3, 0.4) is 0 Å². The Bertz CT molecular complexity index is 909. The van der Waals surface area contributed by atoms with E-state index in [2.05, 4.69) is 21.2 Å². The van der Waals surface area contributed by atoms with Crippen molar-refractivity contribution in [2.75, 3.05) is 13.1 Å². The van der Waals surface area contributed by atoms with Gasteiger partial charge in [-0.25, -0.2) is 8.78 Å². The molecular formula is C21H19BrF2N2O2.